The van der Waals surface area contributed by atoms with E-state index in [1.807, 2.05) is 0 Å². The molecule has 6 heteroatoms. The third-order valence-electron chi connectivity index (χ3n) is 1.57. The Morgan fingerprint density at radius 3 is 1.94 bits per heavy atom. The molecule has 1 aromatic rings. The predicted molar refractivity (Wildman–Crippen MR) is 57.3 cm³/mol. The van der Waals surface area contributed by atoms with Crippen LogP contribution in [0, 0.1) is 0 Å². The van der Waals surface area contributed by atoms with Crippen molar-refractivity contribution < 1.29 is 22.6 Å². The van der Waals surface area contributed by atoms with Crippen LogP contribution in [0.25, 0.3) is 0 Å². The topological polar surface area (TPSA) is 18.5 Å². The first-order valence-corrected chi connectivity index (χ1v) is 5.62. The second-order valence-corrected chi connectivity index (χ2v) is 3.71. The molecule has 1 rings (SSSR count). The monoisotopic (exact) mass is 298 g/mol. The average molecular weight is 299 g/mol. The van der Waals surface area contributed by atoms with Crippen LogP contribution in [0.5, 0.6) is 11.5 Å². The number of alkyl halides is 4. The summed E-state index contributed by atoms with van der Waals surface area (Å²) in [5.41, 5.74) is 0. The highest BCUT2D eigenvalue weighted by atomic mass is 79.9. The molecular formula is C10H10BrF3O2. The molecule has 0 radical (unpaired) electrons. The zero-order valence-electron chi connectivity index (χ0n) is 8.26. The lowest BCUT2D eigenvalue weighted by molar-refractivity contribution is -0.153. The molecule has 0 aliphatic carbocycles. The van der Waals surface area contributed by atoms with E-state index in [-0.39, 0.29) is 5.75 Å². The van der Waals surface area contributed by atoms with Gasteiger partial charge in [0, 0.05) is 5.33 Å². The molecule has 0 aliphatic rings. The molecule has 0 atom stereocenters. The first kappa shape index (κ1) is 13.2. The summed E-state index contributed by atoms with van der Waals surface area (Å²) in [4.78, 5) is 0. The Morgan fingerprint density at radius 2 is 1.50 bits per heavy atom. The summed E-state index contributed by atoms with van der Waals surface area (Å²) in [5.74, 6) is 0.766. The first-order valence-electron chi connectivity index (χ1n) is 4.49. The fourth-order valence-corrected chi connectivity index (χ4v) is 1.12. The van der Waals surface area contributed by atoms with Gasteiger partial charge in [0.2, 0.25) is 0 Å². The molecule has 16 heavy (non-hydrogen) atoms. The lowest BCUT2D eigenvalue weighted by Gasteiger charge is -2.09. The molecule has 0 heterocycles. The van der Waals surface area contributed by atoms with E-state index in [2.05, 4.69) is 20.7 Å². The molecule has 0 N–H and O–H groups in total. The van der Waals surface area contributed by atoms with Crippen LogP contribution in [0.2, 0.25) is 0 Å². The fraction of sp³-hybridized carbons (Fsp3) is 0.400. The third-order valence-corrected chi connectivity index (χ3v) is 1.90. The molecule has 0 saturated carbocycles. The SMILES string of the molecule is FC(F)(F)COc1ccc(OCCBr)cc1. The van der Waals surface area contributed by atoms with Gasteiger partial charge in [-0.3, -0.25) is 0 Å². The Morgan fingerprint density at radius 1 is 1.00 bits per heavy atom. The second-order valence-electron chi connectivity index (χ2n) is 2.91. The molecule has 0 aliphatic heterocycles. The highest BCUT2D eigenvalue weighted by Gasteiger charge is 2.28. The zero-order chi connectivity index (χ0) is 12.0. The van der Waals surface area contributed by atoms with E-state index in [0.29, 0.717) is 17.7 Å². The number of halogens is 4. The number of rotatable bonds is 5. The van der Waals surface area contributed by atoms with E-state index in [1.54, 1.807) is 12.1 Å². The van der Waals surface area contributed by atoms with Crippen LogP contribution in [-0.2, 0) is 0 Å². The van der Waals surface area contributed by atoms with Gasteiger partial charge in [0.05, 0.1) is 6.61 Å². The summed E-state index contributed by atoms with van der Waals surface area (Å²) in [5, 5.41) is 0.694. The van der Waals surface area contributed by atoms with Gasteiger partial charge in [-0.2, -0.15) is 13.2 Å². The van der Waals surface area contributed by atoms with Crippen LogP contribution >= 0.6 is 15.9 Å². The van der Waals surface area contributed by atoms with Crippen molar-refractivity contribution in [3.8, 4) is 11.5 Å². The van der Waals surface area contributed by atoms with Crippen molar-refractivity contribution in [2.75, 3.05) is 18.5 Å². The highest BCUT2D eigenvalue weighted by molar-refractivity contribution is 9.09. The van der Waals surface area contributed by atoms with Crippen molar-refractivity contribution in [2.24, 2.45) is 0 Å². The van der Waals surface area contributed by atoms with Crippen LogP contribution in [0.3, 0.4) is 0 Å². The van der Waals surface area contributed by atoms with Gasteiger partial charge in [-0.1, -0.05) is 15.9 Å². The van der Waals surface area contributed by atoms with E-state index >= 15 is 0 Å². The van der Waals surface area contributed by atoms with Crippen LogP contribution < -0.4 is 9.47 Å². The maximum atomic E-state index is 11.8. The average Bonchev–Trinajstić information content (AvgIpc) is 2.24. The number of hydrogen-bond acceptors (Lipinski definition) is 2. The van der Waals surface area contributed by atoms with Gasteiger partial charge < -0.3 is 9.47 Å². The predicted octanol–water partition coefficient (Wildman–Crippen LogP) is 3.40. The van der Waals surface area contributed by atoms with Crippen LogP contribution in [-0.4, -0.2) is 24.7 Å². The Kier molecular flexibility index (Phi) is 4.92. The second kappa shape index (κ2) is 5.98. The van der Waals surface area contributed by atoms with Gasteiger partial charge in [-0.15, -0.1) is 0 Å². The van der Waals surface area contributed by atoms with E-state index in [0.717, 1.165) is 0 Å². The Balaban J connectivity index is 2.45. The van der Waals surface area contributed by atoms with Gasteiger partial charge in [-0.25, -0.2) is 0 Å². The third kappa shape index (κ3) is 5.25. The molecule has 0 saturated heterocycles. The number of benzene rings is 1. The van der Waals surface area contributed by atoms with Crippen molar-refractivity contribution in [1.82, 2.24) is 0 Å². The molecule has 0 spiro atoms. The van der Waals surface area contributed by atoms with Crippen molar-refractivity contribution in [2.45, 2.75) is 6.18 Å². The molecule has 0 aromatic heterocycles. The number of ether oxygens (including phenoxy) is 2. The summed E-state index contributed by atoms with van der Waals surface area (Å²) in [6.07, 6.45) is -4.31. The van der Waals surface area contributed by atoms with Crippen LogP contribution in [0.4, 0.5) is 13.2 Å². The Labute approximate surface area is 99.5 Å². The van der Waals surface area contributed by atoms with E-state index < -0.39 is 12.8 Å². The fourth-order valence-electron chi connectivity index (χ4n) is 0.954. The lowest BCUT2D eigenvalue weighted by atomic mass is 10.3. The Hall–Kier alpha value is -0.910. The minimum atomic E-state index is -4.31. The standard InChI is InChI=1S/C10H10BrF3O2/c11-5-6-15-8-1-3-9(4-2-8)16-7-10(12,13)14/h1-4H,5-7H2. The van der Waals surface area contributed by atoms with Gasteiger partial charge in [-0.05, 0) is 24.3 Å². The minimum absolute atomic E-state index is 0.170. The van der Waals surface area contributed by atoms with E-state index in [4.69, 9.17) is 4.74 Å². The quantitative estimate of drug-likeness (QED) is 0.776. The Bertz CT molecular complexity index is 311. The molecule has 0 unspecified atom stereocenters. The summed E-state index contributed by atoms with van der Waals surface area (Å²) in [6, 6.07) is 6.01. The van der Waals surface area contributed by atoms with Crippen molar-refractivity contribution in [3.05, 3.63) is 24.3 Å². The molecular weight excluding hydrogens is 289 g/mol. The van der Waals surface area contributed by atoms with Crippen LogP contribution in [0.1, 0.15) is 0 Å². The maximum absolute atomic E-state index is 11.8. The lowest BCUT2D eigenvalue weighted by Crippen LogP contribution is -2.19. The van der Waals surface area contributed by atoms with Gasteiger partial charge in [0.1, 0.15) is 11.5 Å². The molecule has 90 valence electrons. The summed E-state index contributed by atoms with van der Waals surface area (Å²) in [6.45, 7) is -0.780. The van der Waals surface area contributed by atoms with Gasteiger partial charge in [0.25, 0.3) is 0 Å². The molecule has 2 nitrogen and oxygen atoms in total. The minimum Gasteiger partial charge on any atom is -0.493 e. The van der Waals surface area contributed by atoms with Crippen molar-refractivity contribution >= 4 is 15.9 Å². The molecule has 0 bridgehead atoms. The van der Waals surface area contributed by atoms with Gasteiger partial charge in [0.15, 0.2) is 6.61 Å². The normalized spacial score (nSPS) is 11.2. The summed E-state index contributed by atoms with van der Waals surface area (Å²) in [7, 11) is 0. The summed E-state index contributed by atoms with van der Waals surface area (Å²) < 4.78 is 45.3. The molecule has 1 aromatic carbocycles. The van der Waals surface area contributed by atoms with Gasteiger partial charge >= 0.3 is 6.18 Å². The van der Waals surface area contributed by atoms with E-state index in [1.165, 1.54) is 12.1 Å². The van der Waals surface area contributed by atoms with Crippen LogP contribution in [0.15, 0.2) is 24.3 Å². The largest absolute Gasteiger partial charge is 0.493 e. The van der Waals surface area contributed by atoms with Crippen molar-refractivity contribution in [3.63, 3.8) is 0 Å². The van der Waals surface area contributed by atoms with E-state index in [9.17, 15) is 13.2 Å². The highest BCUT2D eigenvalue weighted by Crippen LogP contribution is 2.21. The first-order chi connectivity index (χ1) is 7.51. The smallest absolute Gasteiger partial charge is 0.422 e. The number of hydrogen-bond donors (Lipinski definition) is 0. The molecule has 0 amide bonds. The van der Waals surface area contributed by atoms with Crippen molar-refractivity contribution in [1.29, 1.82) is 0 Å². The zero-order valence-corrected chi connectivity index (χ0v) is 9.85. The summed E-state index contributed by atoms with van der Waals surface area (Å²) >= 11 is 3.19. The molecule has 0 fully saturated rings. The maximum Gasteiger partial charge on any atom is 0.422 e.